The fourth-order valence-electron chi connectivity index (χ4n) is 7.05. The van der Waals surface area contributed by atoms with E-state index in [0.29, 0.717) is 102 Å². The fraction of sp³-hybridized carbons (Fsp3) is 0.255. The number of fused-ring (bicyclic) bond motifs is 2. The molecule has 0 aliphatic carbocycles. The predicted molar refractivity (Wildman–Crippen MR) is 243 cm³/mol. The number of hydrogen-bond donors (Lipinski definition) is 0. The van der Waals surface area contributed by atoms with Crippen LogP contribution in [0.15, 0.2) is 146 Å². The summed E-state index contributed by atoms with van der Waals surface area (Å²) in [6, 6.07) is 36.7. The first-order valence-electron chi connectivity index (χ1n) is 21.3. The Bertz CT molecular complexity index is 2900. The van der Waals surface area contributed by atoms with Gasteiger partial charge in [-0.15, -0.1) is 5.10 Å². The average Bonchev–Trinajstić information content (AvgIpc) is 3.78. The second kappa shape index (κ2) is 21.2. The minimum Gasteiger partial charge on any atom is -0.497 e. The summed E-state index contributed by atoms with van der Waals surface area (Å²) in [6.45, 7) is 5.45. The molecule has 8 aromatic rings. The summed E-state index contributed by atoms with van der Waals surface area (Å²) >= 11 is 0. The smallest absolute Gasteiger partial charge is 0.235 e. The van der Waals surface area contributed by atoms with Gasteiger partial charge in [-0.05, 0) is 117 Å². The zero-order valence-electron chi connectivity index (χ0n) is 35.8. The lowest BCUT2D eigenvalue weighted by atomic mass is 10.1. The molecule has 0 amide bonds. The molecule has 0 radical (unpaired) electrons. The van der Waals surface area contributed by atoms with Crippen molar-refractivity contribution in [3.05, 3.63) is 165 Å². The van der Waals surface area contributed by atoms with Crippen LogP contribution < -0.4 is 29.8 Å². The van der Waals surface area contributed by atoms with E-state index >= 15 is 0 Å². The number of aromatic nitrogens is 3. The summed E-state index contributed by atoms with van der Waals surface area (Å²) in [5.41, 5.74) is 5.04. The largest absolute Gasteiger partial charge is 0.497 e. The Morgan fingerprint density at radius 1 is 0.625 bits per heavy atom. The monoisotopic (exact) mass is 863 g/mol. The predicted octanol–water partition coefficient (Wildman–Crippen LogP) is 9.23. The third kappa shape index (κ3) is 11.2. The van der Waals surface area contributed by atoms with E-state index in [9.17, 15) is 9.59 Å². The van der Waals surface area contributed by atoms with E-state index in [1.807, 2.05) is 110 Å². The Balaban J connectivity index is 0.699. The maximum atomic E-state index is 13.6. The van der Waals surface area contributed by atoms with E-state index in [0.717, 1.165) is 41.6 Å². The van der Waals surface area contributed by atoms with Crippen molar-refractivity contribution in [3.8, 4) is 45.6 Å². The molecule has 0 aliphatic rings. The van der Waals surface area contributed by atoms with Crippen molar-refractivity contribution in [3.63, 3.8) is 0 Å². The van der Waals surface area contributed by atoms with Gasteiger partial charge in [0.2, 0.25) is 11.2 Å². The minimum atomic E-state index is -0.234. The van der Waals surface area contributed by atoms with Crippen LogP contribution in [0.2, 0.25) is 0 Å². The molecule has 0 unspecified atom stereocenters. The zero-order valence-corrected chi connectivity index (χ0v) is 35.8. The van der Waals surface area contributed by atoms with Crippen LogP contribution in [0.5, 0.6) is 23.0 Å². The lowest BCUT2D eigenvalue weighted by Crippen LogP contribution is -2.13. The number of ether oxygens (including phenoxy) is 6. The highest BCUT2D eigenvalue weighted by atomic mass is 16.5. The highest BCUT2D eigenvalue weighted by molar-refractivity contribution is 5.82. The molecule has 0 atom stereocenters. The van der Waals surface area contributed by atoms with Gasteiger partial charge in [0.25, 0.3) is 0 Å². The van der Waals surface area contributed by atoms with Gasteiger partial charge >= 0.3 is 0 Å². The Hall–Kier alpha value is -7.22. The quantitative estimate of drug-likeness (QED) is 0.0599. The molecule has 0 spiro atoms. The molecule has 328 valence electrons. The molecule has 5 aromatic carbocycles. The summed E-state index contributed by atoms with van der Waals surface area (Å²) < 4.78 is 48.7. The third-order valence-corrected chi connectivity index (χ3v) is 10.4. The van der Waals surface area contributed by atoms with Gasteiger partial charge < -0.3 is 37.3 Å². The van der Waals surface area contributed by atoms with Gasteiger partial charge in [0.15, 0.2) is 11.2 Å². The molecule has 0 N–H and O–H groups in total. The Labute approximate surface area is 369 Å². The molecule has 13 nitrogen and oxygen atoms in total. The molecule has 13 heteroatoms. The van der Waals surface area contributed by atoms with Crippen LogP contribution in [0.4, 0.5) is 0 Å². The van der Waals surface area contributed by atoms with E-state index in [4.69, 9.17) is 37.3 Å². The van der Waals surface area contributed by atoms with Crippen LogP contribution in [0, 0.1) is 6.92 Å². The van der Waals surface area contributed by atoms with E-state index < -0.39 is 0 Å². The normalized spacial score (nSPS) is 11.3. The van der Waals surface area contributed by atoms with E-state index in [2.05, 4.69) is 10.3 Å². The number of hydrogen-bond acceptors (Lipinski definition) is 12. The fourth-order valence-corrected chi connectivity index (χ4v) is 7.05. The first-order chi connectivity index (χ1) is 31.4. The zero-order chi connectivity index (χ0) is 44.1. The molecule has 8 rings (SSSR count). The summed E-state index contributed by atoms with van der Waals surface area (Å²) in [7, 11) is 1.61. The van der Waals surface area contributed by atoms with Crippen molar-refractivity contribution in [2.45, 2.75) is 39.3 Å². The van der Waals surface area contributed by atoms with Gasteiger partial charge in [0.1, 0.15) is 47.4 Å². The number of para-hydroxylation sites is 1. The lowest BCUT2D eigenvalue weighted by Gasteiger charge is -2.13. The van der Waals surface area contributed by atoms with Crippen LogP contribution in [0.3, 0.4) is 0 Å². The Morgan fingerprint density at radius 3 is 2.17 bits per heavy atom. The van der Waals surface area contributed by atoms with Crippen LogP contribution in [0.1, 0.15) is 29.7 Å². The third-order valence-electron chi connectivity index (χ3n) is 10.4. The Kier molecular flexibility index (Phi) is 14.4. The molecular formula is C51H49N3O10. The molecule has 3 heterocycles. The van der Waals surface area contributed by atoms with Crippen LogP contribution in [-0.4, -0.2) is 61.7 Å². The molecule has 0 saturated heterocycles. The number of unbranched alkanes of at least 4 members (excludes halogenated alkanes) is 1. The maximum absolute atomic E-state index is 13.6. The topological polar surface area (TPSA) is 147 Å². The van der Waals surface area contributed by atoms with E-state index in [1.165, 1.54) is 6.07 Å². The number of rotatable bonds is 22. The number of benzene rings is 5. The second-order valence-corrected chi connectivity index (χ2v) is 15.1. The minimum absolute atomic E-state index is 0.0668. The van der Waals surface area contributed by atoms with Crippen LogP contribution >= 0.6 is 0 Å². The highest BCUT2D eigenvalue weighted by Gasteiger charge is 2.18. The average molecular weight is 864 g/mol. The standard InChI is InChI=1S/C51H49N3O10/c1-35-13-22-47-44(30-35)45(55)32-48(63-47)37-14-18-41(19-15-37)61-29-28-59-27-26-58-25-23-54-33-39(52-53-54)9-5-6-24-60-40-20-16-38(17-21-40)50-51(49(56)43-11-3-4-12-46(43)64-50)62-34-36-8-7-10-42(31-36)57-2/h3-4,7-8,10-22,30-33H,5-6,9,23-29,34H2,1-2H3. The van der Waals surface area contributed by atoms with Crippen molar-refractivity contribution in [1.29, 1.82) is 0 Å². The van der Waals surface area contributed by atoms with Gasteiger partial charge in [-0.2, -0.15) is 0 Å². The summed E-state index contributed by atoms with van der Waals surface area (Å²) in [5.74, 6) is 3.14. The molecular weight excluding hydrogens is 815 g/mol. The van der Waals surface area contributed by atoms with Gasteiger partial charge in [0, 0.05) is 23.4 Å². The molecule has 3 aromatic heterocycles. The van der Waals surface area contributed by atoms with Crippen molar-refractivity contribution in [2.75, 3.05) is 46.8 Å². The van der Waals surface area contributed by atoms with Crippen LogP contribution in [0.25, 0.3) is 44.6 Å². The van der Waals surface area contributed by atoms with Crippen molar-refractivity contribution in [2.24, 2.45) is 0 Å². The highest BCUT2D eigenvalue weighted by Crippen LogP contribution is 2.33. The van der Waals surface area contributed by atoms with Crippen molar-refractivity contribution < 1.29 is 37.3 Å². The maximum Gasteiger partial charge on any atom is 0.235 e. The summed E-state index contributed by atoms with van der Waals surface area (Å²) in [6.07, 6.45) is 4.45. The van der Waals surface area contributed by atoms with E-state index in [1.54, 1.807) is 30.0 Å². The number of aryl methyl sites for hydroxylation is 2. The first kappa shape index (κ1) is 43.4. The molecule has 0 aliphatic heterocycles. The summed E-state index contributed by atoms with van der Waals surface area (Å²) in [4.78, 5) is 26.2. The Morgan fingerprint density at radius 2 is 1.36 bits per heavy atom. The van der Waals surface area contributed by atoms with Gasteiger partial charge in [0.05, 0.1) is 63.2 Å². The van der Waals surface area contributed by atoms with Gasteiger partial charge in [-0.3, -0.25) is 9.59 Å². The molecule has 0 bridgehead atoms. The summed E-state index contributed by atoms with van der Waals surface area (Å²) in [5, 5.41) is 9.57. The van der Waals surface area contributed by atoms with Crippen LogP contribution in [-0.2, 0) is 29.0 Å². The van der Waals surface area contributed by atoms with Crippen molar-refractivity contribution in [1.82, 2.24) is 15.0 Å². The van der Waals surface area contributed by atoms with E-state index in [-0.39, 0.29) is 23.2 Å². The van der Waals surface area contributed by atoms with Gasteiger partial charge in [-0.25, -0.2) is 4.68 Å². The first-order valence-corrected chi connectivity index (χ1v) is 21.3. The molecule has 64 heavy (non-hydrogen) atoms. The van der Waals surface area contributed by atoms with Gasteiger partial charge in [-0.1, -0.05) is 41.1 Å². The SMILES string of the molecule is COc1cccc(COc2c(-c3ccc(OCCCCc4cn(CCOCCOCCOc5ccc(-c6cc(=O)c7cc(C)ccc7o6)cc5)nn4)cc3)oc3ccccc3c2=O)c1. The lowest BCUT2D eigenvalue weighted by molar-refractivity contribution is 0.0333. The molecule has 0 saturated carbocycles. The molecule has 0 fully saturated rings. The second-order valence-electron chi connectivity index (χ2n) is 15.1. The van der Waals surface area contributed by atoms with Crippen molar-refractivity contribution >= 4 is 21.9 Å². The number of nitrogens with zero attached hydrogens (tertiary/aromatic N) is 3. The number of methoxy groups -OCH3 is 1.